The Hall–Kier alpha value is -3.29. The molecule has 0 radical (unpaired) electrons. The van der Waals surface area contributed by atoms with Crippen molar-refractivity contribution in [1.82, 2.24) is 10.3 Å². The van der Waals surface area contributed by atoms with Gasteiger partial charge in [0.05, 0.1) is 22.2 Å². The summed E-state index contributed by atoms with van der Waals surface area (Å²) in [4.78, 5) is 28.7. The number of anilines is 1. The average Bonchev–Trinajstić information content (AvgIpc) is 3.25. The molecule has 0 saturated carbocycles. The van der Waals surface area contributed by atoms with Gasteiger partial charge >= 0.3 is 5.97 Å². The van der Waals surface area contributed by atoms with Gasteiger partial charge in [-0.2, -0.15) is 0 Å². The highest BCUT2D eigenvalue weighted by molar-refractivity contribution is 6.39. The number of carbonyl (C=O) groups excluding carboxylic acids is 1. The quantitative estimate of drug-likeness (QED) is 0.329. The third kappa shape index (κ3) is 6.44. The molecule has 2 aromatic carbocycles. The number of halogens is 2. The topological polar surface area (TPSA) is 101 Å². The van der Waals surface area contributed by atoms with Gasteiger partial charge in [-0.3, -0.25) is 4.79 Å². The Balaban J connectivity index is 1.25. The molecule has 7 nitrogen and oxygen atoms in total. The second-order valence-corrected chi connectivity index (χ2v) is 9.17. The third-order valence-corrected chi connectivity index (χ3v) is 6.45. The molecule has 0 spiro atoms. The Labute approximate surface area is 213 Å². The third-order valence-electron chi connectivity index (χ3n) is 5.82. The second-order valence-electron chi connectivity index (χ2n) is 8.36. The molecule has 1 aliphatic heterocycles. The van der Waals surface area contributed by atoms with Crippen molar-refractivity contribution in [3.63, 3.8) is 0 Å². The van der Waals surface area contributed by atoms with E-state index >= 15 is 0 Å². The summed E-state index contributed by atoms with van der Waals surface area (Å²) < 4.78 is 5.84. The Kier molecular flexibility index (Phi) is 8.10. The fraction of sp³-hybridized carbons (Fsp3) is 0.269. The molecular formula is C26H25Cl2N3O4. The van der Waals surface area contributed by atoms with Gasteiger partial charge in [0.25, 0.3) is 5.91 Å². The molecule has 3 aromatic rings. The number of aromatic nitrogens is 1. The van der Waals surface area contributed by atoms with Crippen LogP contribution in [0.25, 0.3) is 0 Å². The molecule has 35 heavy (non-hydrogen) atoms. The van der Waals surface area contributed by atoms with Gasteiger partial charge in [0.2, 0.25) is 0 Å². The van der Waals surface area contributed by atoms with E-state index in [1.54, 1.807) is 36.5 Å². The van der Waals surface area contributed by atoms with E-state index in [0.29, 0.717) is 18.4 Å². The highest BCUT2D eigenvalue weighted by Gasteiger charge is 2.24. The van der Waals surface area contributed by atoms with Crippen molar-refractivity contribution in [2.45, 2.75) is 37.8 Å². The molecule has 1 aromatic heterocycles. The van der Waals surface area contributed by atoms with Gasteiger partial charge in [-0.1, -0.05) is 47.5 Å². The van der Waals surface area contributed by atoms with Gasteiger partial charge in [-0.25, -0.2) is 9.78 Å². The second kappa shape index (κ2) is 11.4. The van der Waals surface area contributed by atoms with Crippen LogP contribution in [0, 0.1) is 0 Å². The standard InChI is InChI=1S/C26H25Cl2N3O4/c27-20-6-1-7-21(28)23(20)25(32)31-22(26(33)34)14-16-8-10-19(11-9-16)35-13-3-5-18-15-17-4-2-12-29-24(17)30-18/h1-2,4,6-12,18,22H,3,5,13-15H2,(H,29,30)(H,31,32)(H,33,34)/t18-,22+/m0/s1. The lowest BCUT2D eigenvalue weighted by Crippen LogP contribution is -2.42. The summed E-state index contributed by atoms with van der Waals surface area (Å²) in [6.07, 6.45) is 4.74. The number of fused-ring (bicyclic) bond motifs is 1. The van der Waals surface area contributed by atoms with E-state index in [9.17, 15) is 14.7 Å². The van der Waals surface area contributed by atoms with E-state index in [-0.39, 0.29) is 22.0 Å². The predicted molar refractivity (Wildman–Crippen MR) is 136 cm³/mol. The van der Waals surface area contributed by atoms with E-state index < -0.39 is 17.9 Å². The smallest absolute Gasteiger partial charge is 0.326 e. The summed E-state index contributed by atoms with van der Waals surface area (Å²) in [6.45, 7) is 0.577. The number of hydrogen-bond acceptors (Lipinski definition) is 5. The van der Waals surface area contributed by atoms with Crippen LogP contribution in [0.1, 0.15) is 34.3 Å². The van der Waals surface area contributed by atoms with Gasteiger partial charge in [0, 0.05) is 18.7 Å². The van der Waals surface area contributed by atoms with Crippen molar-refractivity contribution >= 4 is 40.9 Å². The lowest BCUT2D eigenvalue weighted by molar-refractivity contribution is -0.139. The zero-order valence-corrected chi connectivity index (χ0v) is 20.4. The number of ether oxygens (including phenoxy) is 1. The summed E-state index contributed by atoms with van der Waals surface area (Å²) >= 11 is 12.1. The van der Waals surface area contributed by atoms with Crippen LogP contribution >= 0.6 is 23.2 Å². The number of carboxylic acid groups (broad SMARTS) is 1. The Morgan fingerprint density at radius 3 is 2.54 bits per heavy atom. The first-order valence-electron chi connectivity index (χ1n) is 11.3. The van der Waals surface area contributed by atoms with Crippen LogP contribution < -0.4 is 15.4 Å². The van der Waals surface area contributed by atoms with Crippen LogP contribution in [0.3, 0.4) is 0 Å². The SMILES string of the molecule is O=C(N[C@H](Cc1ccc(OCCC[C@H]2Cc3cccnc3N2)cc1)C(=O)O)c1c(Cl)cccc1Cl. The Bertz CT molecular complexity index is 1160. The van der Waals surface area contributed by atoms with E-state index in [1.165, 1.54) is 17.7 Å². The molecule has 1 aliphatic rings. The van der Waals surface area contributed by atoms with Crippen molar-refractivity contribution in [3.8, 4) is 5.75 Å². The molecule has 9 heteroatoms. The molecule has 0 saturated heterocycles. The van der Waals surface area contributed by atoms with Gasteiger partial charge in [-0.05, 0) is 60.7 Å². The van der Waals surface area contributed by atoms with Crippen LogP contribution in [0.2, 0.25) is 10.0 Å². The fourth-order valence-electron chi connectivity index (χ4n) is 4.04. The summed E-state index contributed by atoms with van der Waals surface area (Å²) in [6, 6.07) is 15.1. The largest absolute Gasteiger partial charge is 0.494 e. The lowest BCUT2D eigenvalue weighted by Gasteiger charge is -2.16. The molecule has 0 fully saturated rings. The summed E-state index contributed by atoms with van der Waals surface area (Å²) in [7, 11) is 0. The van der Waals surface area contributed by atoms with E-state index in [2.05, 4.69) is 21.7 Å². The molecule has 1 amide bonds. The van der Waals surface area contributed by atoms with Crippen molar-refractivity contribution in [2.75, 3.05) is 11.9 Å². The predicted octanol–water partition coefficient (Wildman–Crippen LogP) is 5.01. The number of nitrogens with one attached hydrogen (secondary N) is 2. The number of benzene rings is 2. The Morgan fingerprint density at radius 2 is 1.86 bits per heavy atom. The van der Waals surface area contributed by atoms with Crippen molar-refractivity contribution < 1.29 is 19.4 Å². The van der Waals surface area contributed by atoms with Gasteiger partial charge in [-0.15, -0.1) is 0 Å². The van der Waals surface area contributed by atoms with Crippen LogP contribution in [-0.4, -0.2) is 40.7 Å². The minimum Gasteiger partial charge on any atom is -0.494 e. The minimum atomic E-state index is -1.15. The van der Waals surface area contributed by atoms with Crippen molar-refractivity contribution in [3.05, 3.63) is 87.5 Å². The highest BCUT2D eigenvalue weighted by Crippen LogP contribution is 2.26. The number of carboxylic acids is 1. The molecule has 0 bridgehead atoms. The van der Waals surface area contributed by atoms with Crippen molar-refractivity contribution in [2.24, 2.45) is 0 Å². The highest BCUT2D eigenvalue weighted by atomic mass is 35.5. The number of rotatable bonds is 10. The van der Waals surface area contributed by atoms with E-state index in [1.807, 2.05) is 6.07 Å². The number of pyridine rings is 1. The number of hydrogen-bond donors (Lipinski definition) is 3. The Morgan fingerprint density at radius 1 is 1.11 bits per heavy atom. The normalized spacial score (nSPS) is 15.1. The van der Waals surface area contributed by atoms with Gasteiger partial charge in [0.15, 0.2) is 0 Å². The molecule has 2 heterocycles. The van der Waals surface area contributed by atoms with Gasteiger partial charge in [0.1, 0.15) is 17.6 Å². The van der Waals surface area contributed by atoms with Crippen molar-refractivity contribution in [1.29, 1.82) is 0 Å². The van der Waals surface area contributed by atoms with Gasteiger partial charge < -0.3 is 20.5 Å². The molecule has 0 unspecified atom stereocenters. The summed E-state index contributed by atoms with van der Waals surface area (Å²) in [5.74, 6) is -0.111. The fourth-order valence-corrected chi connectivity index (χ4v) is 4.61. The average molecular weight is 514 g/mol. The number of nitrogens with zero attached hydrogens (tertiary/aromatic N) is 1. The molecule has 182 valence electrons. The number of aliphatic carboxylic acids is 1. The van der Waals surface area contributed by atoms with E-state index in [4.69, 9.17) is 27.9 Å². The first kappa shape index (κ1) is 24.8. The molecule has 4 rings (SSSR count). The maximum absolute atomic E-state index is 12.6. The van der Waals surface area contributed by atoms with E-state index in [0.717, 1.165) is 30.6 Å². The van der Waals surface area contributed by atoms with Crippen LogP contribution in [-0.2, 0) is 17.6 Å². The lowest BCUT2D eigenvalue weighted by atomic mass is 10.0. The zero-order valence-electron chi connectivity index (χ0n) is 18.8. The molecular weight excluding hydrogens is 489 g/mol. The molecule has 2 atom stereocenters. The van der Waals surface area contributed by atoms with Crippen LogP contribution in [0.5, 0.6) is 5.75 Å². The minimum absolute atomic E-state index is 0.0544. The zero-order chi connectivity index (χ0) is 24.8. The molecule has 0 aliphatic carbocycles. The molecule has 3 N–H and O–H groups in total. The summed E-state index contributed by atoms with van der Waals surface area (Å²) in [5.41, 5.74) is 2.05. The monoisotopic (exact) mass is 513 g/mol. The first-order valence-corrected chi connectivity index (χ1v) is 12.1. The van der Waals surface area contributed by atoms with Crippen LogP contribution in [0.15, 0.2) is 60.8 Å². The number of carbonyl (C=O) groups is 2. The van der Waals surface area contributed by atoms with Crippen LogP contribution in [0.4, 0.5) is 5.82 Å². The maximum Gasteiger partial charge on any atom is 0.326 e. The first-order chi connectivity index (χ1) is 16.9. The summed E-state index contributed by atoms with van der Waals surface area (Å²) in [5, 5.41) is 15.9. The maximum atomic E-state index is 12.6. The number of amides is 1.